The summed E-state index contributed by atoms with van der Waals surface area (Å²) in [6, 6.07) is 7.38. The first-order valence-corrected chi connectivity index (χ1v) is 9.48. The molecule has 8 nitrogen and oxygen atoms in total. The Hall–Kier alpha value is -3.03. The molecule has 0 N–H and O–H groups in total. The molecule has 3 rings (SSSR count). The van der Waals surface area contributed by atoms with Crippen LogP contribution in [-0.4, -0.2) is 32.4 Å². The number of nitrogens with zero attached hydrogens (tertiary/aromatic N) is 4. The van der Waals surface area contributed by atoms with Crippen LogP contribution in [0.4, 0.5) is 0 Å². The Morgan fingerprint density at radius 2 is 1.75 bits per heavy atom. The highest BCUT2D eigenvalue weighted by Crippen LogP contribution is 2.17. The van der Waals surface area contributed by atoms with E-state index in [4.69, 9.17) is 9.47 Å². The van der Waals surface area contributed by atoms with E-state index in [9.17, 15) is 9.59 Å². The maximum absolute atomic E-state index is 12.8. The van der Waals surface area contributed by atoms with Crippen LogP contribution in [0.2, 0.25) is 0 Å². The van der Waals surface area contributed by atoms with Gasteiger partial charge in [0.15, 0.2) is 11.2 Å². The minimum Gasteiger partial charge on any atom is -0.497 e. The summed E-state index contributed by atoms with van der Waals surface area (Å²) < 4.78 is 15.4. The smallest absolute Gasteiger partial charge is 0.332 e. The molecule has 1 aromatic carbocycles. The first kappa shape index (κ1) is 19.7. The number of aryl methyl sites for hydroxylation is 2. The average molecular weight is 386 g/mol. The highest BCUT2D eigenvalue weighted by molar-refractivity contribution is 5.69. The van der Waals surface area contributed by atoms with Crippen molar-refractivity contribution in [3.05, 3.63) is 51.4 Å². The highest BCUT2D eigenvalue weighted by atomic mass is 16.5. The second-order valence-corrected chi connectivity index (χ2v) is 6.64. The summed E-state index contributed by atoms with van der Waals surface area (Å²) in [6.45, 7) is 3.59. The lowest BCUT2D eigenvalue weighted by Gasteiger charge is -2.10. The molecule has 0 aliphatic carbocycles. The molecule has 2 heterocycles. The van der Waals surface area contributed by atoms with Crippen LogP contribution in [0, 0.1) is 0 Å². The Labute approximate surface area is 163 Å². The molecule has 0 amide bonds. The van der Waals surface area contributed by atoms with Crippen molar-refractivity contribution < 1.29 is 9.47 Å². The van der Waals surface area contributed by atoms with E-state index in [0.717, 1.165) is 24.3 Å². The van der Waals surface area contributed by atoms with Crippen LogP contribution in [0.1, 0.15) is 26.2 Å². The summed E-state index contributed by atoms with van der Waals surface area (Å²) in [4.78, 5) is 29.6. The van der Waals surface area contributed by atoms with Gasteiger partial charge in [-0.3, -0.25) is 13.9 Å². The Morgan fingerprint density at radius 3 is 2.43 bits per heavy atom. The third kappa shape index (κ3) is 3.95. The molecule has 8 heteroatoms. The van der Waals surface area contributed by atoms with Crippen molar-refractivity contribution in [2.45, 2.75) is 39.3 Å². The van der Waals surface area contributed by atoms with E-state index >= 15 is 0 Å². The second kappa shape index (κ2) is 8.77. The molecule has 0 spiro atoms. The minimum atomic E-state index is -0.338. The topological polar surface area (TPSA) is 80.3 Å². The van der Waals surface area contributed by atoms with E-state index in [1.165, 1.54) is 9.13 Å². The minimum absolute atomic E-state index is 0.278. The predicted octanol–water partition coefficient (Wildman–Crippen LogP) is 2.17. The first-order chi connectivity index (χ1) is 13.6. The number of hydrogen-bond acceptors (Lipinski definition) is 5. The maximum Gasteiger partial charge on any atom is 0.332 e. The molecule has 2 aromatic heterocycles. The fraction of sp³-hybridized carbons (Fsp3) is 0.450. The van der Waals surface area contributed by atoms with Crippen LogP contribution in [0.3, 0.4) is 0 Å². The lowest BCUT2D eigenvalue weighted by atomic mass is 10.3. The number of hydrogen-bond donors (Lipinski definition) is 0. The first-order valence-electron chi connectivity index (χ1n) is 9.48. The summed E-state index contributed by atoms with van der Waals surface area (Å²) in [5.41, 5.74) is 0.302. The van der Waals surface area contributed by atoms with E-state index in [0.29, 0.717) is 37.3 Å². The maximum atomic E-state index is 12.8. The molecule has 150 valence electrons. The molecule has 0 unspecified atom stereocenters. The Balaban J connectivity index is 1.66. The molecular weight excluding hydrogens is 360 g/mol. The van der Waals surface area contributed by atoms with E-state index in [1.54, 1.807) is 20.5 Å². The molecular formula is C20H26N4O4. The largest absolute Gasteiger partial charge is 0.497 e. The number of ether oxygens (including phenoxy) is 2. The zero-order valence-electron chi connectivity index (χ0n) is 16.6. The van der Waals surface area contributed by atoms with E-state index < -0.39 is 0 Å². The van der Waals surface area contributed by atoms with Crippen LogP contribution in [0.15, 0.2) is 40.2 Å². The molecule has 0 bridgehead atoms. The Morgan fingerprint density at radius 1 is 1.04 bits per heavy atom. The summed E-state index contributed by atoms with van der Waals surface area (Å²) in [5, 5.41) is 0. The number of unbranched alkanes of at least 4 members (excludes halogenated alkanes) is 1. The Kier molecular flexibility index (Phi) is 6.18. The summed E-state index contributed by atoms with van der Waals surface area (Å²) in [7, 11) is 3.27. The molecule has 0 saturated heterocycles. The van der Waals surface area contributed by atoms with Gasteiger partial charge in [-0.15, -0.1) is 0 Å². The van der Waals surface area contributed by atoms with Crippen molar-refractivity contribution in [2.75, 3.05) is 13.7 Å². The lowest BCUT2D eigenvalue weighted by molar-refractivity contribution is 0.301. The van der Waals surface area contributed by atoms with E-state index in [2.05, 4.69) is 4.98 Å². The predicted molar refractivity (Wildman–Crippen MR) is 107 cm³/mol. The van der Waals surface area contributed by atoms with Gasteiger partial charge >= 0.3 is 5.69 Å². The van der Waals surface area contributed by atoms with Gasteiger partial charge < -0.3 is 14.0 Å². The summed E-state index contributed by atoms with van der Waals surface area (Å²) in [5.74, 6) is 1.54. The van der Waals surface area contributed by atoms with Gasteiger partial charge in [0, 0.05) is 20.1 Å². The van der Waals surface area contributed by atoms with Crippen molar-refractivity contribution in [3.8, 4) is 11.5 Å². The molecule has 0 aliphatic rings. The van der Waals surface area contributed by atoms with Crippen LogP contribution in [0.25, 0.3) is 11.2 Å². The fourth-order valence-corrected chi connectivity index (χ4v) is 3.16. The van der Waals surface area contributed by atoms with Crippen molar-refractivity contribution in [1.29, 1.82) is 0 Å². The van der Waals surface area contributed by atoms with E-state index in [1.807, 2.05) is 35.8 Å². The zero-order valence-corrected chi connectivity index (χ0v) is 16.6. The molecule has 0 atom stereocenters. The van der Waals surface area contributed by atoms with Crippen molar-refractivity contribution in [2.24, 2.45) is 7.05 Å². The molecule has 0 radical (unpaired) electrons. The van der Waals surface area contributed by atoms with Gasteiger partial charge in [0.05, 0.1) is 20.0 Å². The molecule has 0 saturated carbocycles. The monoisotopic (exact) mass is 386 g/mol. The highest BCUT2D eigenvalue weighted by Gasteiger charge is 2.15. The third-order valence-corrected chi connectivity index (χ3v) is 4.67. The normalized spacial score (nSPS) is 11.1. The van der Waals surface area contributed by atoms with Crippen LogP contribution in [0.5, 0.6) is 11.5 Å². The SMILES string of the molecule is CCCn1cnc2c1c(=O)n(CCCCOc1ccc(OC)cc1)c(=O)n2C. The zero-order chi connectivity index (χ0) is 20.1. The van der Waals surface area contributed by atoms with Crippen molar-refractivity contribution in [1.82, 2.24) is 18.7 Å². The second-order valence-electron chi connectivity index (χ2n) is 6.64. The van der Waals surface area contributed by atoms with Crippen molar-refractivity contribution in [3.63, 3.8) is 0 Å². The van der Waals surface area contributed by atoms with Crippen molar-refractivity contribution >= 4 is 11.2 Å². The molecule has 3 aromatic rings. The third-order valence-electron chi connectivity index (χ3n) is 4.67. The van der Waals surface area contributed by atoms with Gasteiger partial charge in [-0.1, -0.05) is 6.92 Å². The van der Waals surface area contributed by atoms with E-state index in [-0.39, 0.29) is 11.2 Å². The fourth-order valence-electron chi connectivity index (χ4n) is 3.16. The van der Waals surface area contributed by atoms with Gasteiger partial charge in [0.2, 0.25) is 0 Å². The average Bonchev–Trinajstić information content (AvgIpc) is 3.13. The standard InChI is InChI=1S/C20H26N4O4/c1-4-11-23-14-21-18-17(23)19(25)24(20(26)22(18)2)12-5-6-13-28-16-9-7-15(27-3)8-10-16/h7-10,14H,4-6,11-13H2,1-3H3. The number of rotatable bonds is 9. The van der Waals surface area contributed by atoms with Crippen LogP contribution in [-0.2, 0) is 20.1 Å². The Bertz CT molecular complexity index is 1050. The van der Waals surface area contributed by atoms with Crippen LogP contribution < -0.4 is 20.7 Å². The molecule has 0 aliphatic heterocycles. The quantitative estimate of drug-likeness (QED) is 0.527. The number of benzene rings is 1. The summed E-state index contributed by atoms with van der Waals surface area (Å²) >= 11 is 0. The van der Waals surface area contributed by atoms with Crippen LogP contribution >= 0.6 is 0 Å². The number of fused-ring (bicyclic) bond motifs is 1. The number of aromatic nitrogens is 4. The molecule has 28 heavy (non-hydrogen) atoms. The lowest BCUT2D eigenvalue weighted by Crippen LogP contribution is -2.39. The van der Waals surface area contributed by atoms with Gasteiger partial charge in [-0.2, -0.15) is 0 Å². The summed E-state index contributed by atoms with van der Waals surface area (Å²) in [6.07, 6.45) is 3.91. The molecule has 0 fully saturated rings. The van der Waals surface area contributed by atoms with Gasteiger partial charge in [0.1, 0.15) is 11.5 Å². The number of imidazole rings is 1. The number of methoxy groups -OCH3 is 1. The van der Waals surface area contributed by atoms with Gasteiger partial charge in [-0.25, -0.2) is 9.78 Å². The van der Waals surface area contributed by atoms with Gasteiger partial charge in [-0.05, 0) is 43.5 Å². The van der Waals surface area contributed by atoms with Gasteiger partial charge in [0.25, 0.3) is 5.56 Å².